The van der Waals surface area contributed by atoms with Gasteiger partial charge in [-0.15, -0.1) is 0 Å². The van der Waals surface area contributed by atoms with Gasteiger partial charge in [-0.2, -0.15) is 0 Å². The van der Waals surface area contributed by atoms with E-state index in [4.69, 9.17) is 28.8 Å². The molecule has 5 fully saturated rings. The third-order valence-corrected chi connectivity index (χ3v) is 23.6. The normalized spacial score (nSPS) is 30.5. The lowest BCUT2D eigenvalue weighted by Gasteiger charge is -2.67. The number of Topliss-reactive ketones (excluding diaryl/α,β-unsaturated/α-hetero) is 1. The van der Waals surface area contributed by atoms with Gasteiger partial charge in [0.2, 0.25) is 6.10 Å². The Bertz CT molecular complexity index is 2790. The molecule has 16 nitrogen and oxygen atoms in total. The van der Waals surface area contributed by atoms with Gasteiger partial charge in [-0.1, -0.05) is 144 Å². The number of carbonyl (C=O) groups is 7. The van der Waals surface area contributed by atoms with Crippen LogP contribution in [0.1, 0.15) is 151 Å². The summed E-state index contributed by atoms with van der Waals surface area (Å²) in [4.78, 5) is 96.4. The van der Waals surface area contributed by atoms with E-state index in [9.17, 15) is 34.2 Å². The average molecular weight is 1200 g/mol. The predicted octanol–water partition coefficient (Wildman–Crippen LogP) is 10.5. The van der Waals surface area contributed by atoms with Crippen molar-refractivity contribution in [2.24, 2.45) is 22.7 Å². The number of carboxylic acid groups (broad SMARTS) is 1. The van der Waals surface area contributed by atoms with Crippen molar-refractivity contribution in [1.82, 2.24) is 5.32 Å². The van der Waals surface area contributed by atoms with Gasteiger partial charge in [0, 0.05) is 71.5 Å². The minimum atomic E-state index is -2.23. The largest absolute Gasteiger partial charge is 0.481 e. The Morgan fingerprint density at radius 1 is 0.793 bits per heavy atom. The molecule has 0 aromatic heterocycles. The zero-order chi connectivity index (χ0) is 59.0. The van der Waals surface area contributed by atoms with E-state index in [0.29, 0.717) is 40.4 Å². The number of ether oxygens (including phenoxy) is 5. The van der Waals surface area contributed by atoms with Gasteiger partial charge in [0.05, 0.1) is 29.6 Å². The highest BCUT2D eigenvalue weighted by atomic mass is 33.1. The minimum absolute atomic E-state index is 0.00220. The third-order valence-electron chi connectivity index (χ3n) is 17.5. The summed E-state index contributed by atoms with van der Waals surface area (Å²) in [7, 11) is 7.62. The van der Waals surface area contributed by atoms with E-state index in [1.165, 1.54) is 37.7 Å². The number of esters is 4. The first-order chi connectivity index (χ1) is 39.1. The van der Waals surface area contributed by atoms with Gasteiger partial charge in [0.25, 0.3) is 5.91 Å². The molecule has 2 saturated carbocycles. The number of aliphatic carboxylic acids is 1. The molecular formula is C62H77NO15S4. The van der Waals surface area contributed by atoms with Crippen LogP contribution < -0.4 is 5.32 Å². The fraction of sp³-hybridized carbons (Fsp3) is 0.565. The van der Waals surface area contributed by atoms with Crippen LogP contribution in [0, 0.1) is 22.7 Å². The molecule has 3 heterocycles. The average Bonchev–Trinajstić information content (AvgIpc) is 0.763. The molecule has 1 amide bonds. The van der Waals surface area contributed by atoms with Crippen molar-refractivity contribution in [3.05, 3.63) is 119 Å². The van der Waals surface area contributed by atoms with E-state index in [1.54, 1.807) is 113 Å². The Kier molecular flexibility index (Phi) is 21.2. The fourth-order valence-electron chi connectivity index (χ4n) is 13.2. The number of aliphatic hydroxyl groups excluding tert-OH is 1. The van der Waals surface area contributed by atoms with Gasteiger partial charge in [0.1, 0.15) is 35.7 Å². The maximum Gasteiger partial charge on any atom is 0.350 e. The van der Waals surface area contributed by atoms with Crippen LogP contribution in [0.5, 0.6) is 0 Å². The number of hydrogen-bond donors (Lipinski definition) is 4. The van der Waals surface area contributed by atoms with Crippen molar-refractivity contribution in [2.75, 3.05) is 18.1 Å². The van der Waals surface area contributed by atoms with Crippen molar-refractivity contribution in [2.45, 2.75) is 177 Å². The van der Waals surface area contributed by atoms with Crippen LogP contribution in [0.4, 0.5) is 0 Å². The summed E-state index contributed by atoms with van der Waals surface area (Å²) in [6.07, 6.45) is 0.447. The van der Waals surface area contributed by atoms with Crippen LogP contribution in [-0.2, 0) is 47.7 Å². The Morgan fingerprint density at radius 3 is 1.90 bits per heavy atom. The summed E-state index contributed by atoms with van der Waals surface area (Å²) in [5, 5.41) is 38.7. The summed E-state index contributed by atoms with van der Waals surface area (Å²) in [5.41, 5.74) is -5.42. The zero-order valence-corrected chi connectivity index (χ0v) is 50.7. The smallest absolute Gasteiger partial charge is 0.350 e. The molecule has 2 bridgehead atoms. The molecule has 20 heteroatoms. The second-order valence-corrected chi connectivity index (χ2v) is 28.7. The highest BCUT2D eigenvalue weighted by Crippen LogP contribution is 2.65. The number of carbonyl (C=O) groups excluding carboxylic acids is 6. The lowest BCUT2D eigenvalue weighted by atomic mass is 9.43. The second-order valence-electron chi connectivity index (χ2n) is 23.1. The van der Waals surface area contributed by atoms with Gasteiger partial charge >= 0.3 is 29.8 Å². The Balaban J connectivity index is 0.000000651. The zero-order valence-electron chi connectivity index (χ0n) is 47.4. The number of aliphatic hydroxyl groups is 2. The quantitative estimate of drug-likeness (QED) is 0.0270. The number of rotatable bonds is 20. The van der Waals surface area contributed by atoms with Crippen LogP contribution >= 0.6 is 43.2 Å². The van der Waals surface area contributed by atoms with Gasteiger partial charge < -0.3 is 44.3 Å². The van der Waals surface area contributed by atoms with E-state index in [2.05, 4.69) is 5.32 Å². The molecule has 3 aliphatic carbocycles. The standard InChI is InChI=1S/C54H63NO13S2.C8H14O2S2/c1-31-38(65-50(62)44(66-41(58)25-17-16-24-37-26-27-69-70-37)43(34-18-10-7-11-19-34)55-48(60)35-20-12-8-13-21-35)29-54(63)47(67-49(61)36-22-14-9-15-23-36)45-52(6,46(59)32(2)42(31)51(54,4)5)39(57)28-40-53(45,30-64-40)68-33(3)56;9-8(10)4-2-1-3-7-5-6-11-12-7/h7-15,18-23,32,37-40,43-45,47,57,63H,16-17,24-30H2,1-6H3,(H,55,60);7H,1-6H2,(H,9,10)/t32-,37?,38+,39+,40?,43+,44-,45+,47+,52-,53+,54-;/m1./s1. The second kappa shape index (κ2) is 27.5. The van der Waals surface area contributed by atoms with Crippen LogP contribution in [0.15, 0.2) is 102 Å². The summed E-state index contributed by atoms with van der Waals surface area (Å²) >= 11 is 0. The van der Waals surface area contributed by atoms with Crippen molar-refractivity contribution >= 4 is 84.7 Å². The molecule has 6 aliphatic rings. The van der Waals surface area contributed by atoms with Crippen LogP contribution in [0.25, 0.3) is 0 Å². The monoisotopic (exact) mass is 1200 g/mol. The Morgan fingerprint density at radius 2 is 1.37 bits per heavy atom. The summed E-state index contributed by atoms with van der Waals surface area (Å²) < 4.78 is 31.3. The van der Waals surface area contributed by atoms with E-state index in [1.807, 2.05) is 43.2 Å². The first-order valence-electron chi connectivity index (χ1n) is 28.4. The molecule has 3 unspecified atom stereocenters. The summed E-state index contributed by atoms with van der Waals surface area (Å²) in [5.74, 6) is -5.03. The van der Waals surface area contributed by atoms with Crippen molar-refractivity contribution < 1.29 is 72.6 Å². The number of ketones is 1. The summed E-state index contributed by atoms with van der Waals surface area (Å²) in [6, 6.07) is 23.9. The molecule has 3 aliphatic heterocycles. The predicted molar refractivity (Wildman–Crippen MR) is 317 cm³/mol. The molecule has 4 N–H and O–H groups in total. The maximum atomic E-state index is 15.5. The molecule has 13 atom stereocenters. The van der Waals surface area contributed by atoms with Crippen LogP contribution in [0.3, 0.4) is 0 Å². The van der Waals surface area contributed by atoms with E-state index in [0.717, 1.165) is 43.1 Å². The SMILES string of the molecule is CC(=O)O[C@@]12COC1C[C@H](O)[C@@]1(C)C(=O)[C@H](C)C3=C(C)[C@@H](OC(=O)[C@H](OC(=O)CCCCC4CCSS4)[C@@H](NC(=O)c4ccccc4)c4ccccc4)C[C@@](O)([C@@H](OC(=O)c4ccccc4)[C@@H]12)C3(C)C.O=C(O)CCCCC1CCSS1. The van der Waals surface area contributed by atoms with Crippen molar-refractivity contribution in [3.63, 3.8) is 0 Å². The molecule has 9 rings (SSSR count). The Labute approximate surface area is 496 Å². The number of hydrogen-bond acceptors (Lipinski definition) is 18. The fourth-order valence-corrected chi connectivity index (χ4v) is 19.2. The Hall–Kier alpha value is -4.83. The topological polar surface area (TPSA) is 238 Å². The minimum Gasteiger partial charge on any atom is -0.481 e. The van der Waals surface area contributed by atoms with E-state index < -0.39 is 118 Å². The number of benzene rings is 3. The highest BCUT2D eigenvalue weighted by Gasteiger charge is 2.77. The lowest BCUT2D eigenvalue weighted by molar-refractivity contribution is -0.345. The van der Waals surface area contributed by atoms with Crippen LogP contribution in [-0.4, -0.2) is 127 Å². The number of nitrogens with one attached hydrogen (secondary N) is 1. The molecule has 444 valence electrons. The molecular weight excluding hydrogens is 1130 g/mol. The molecule has 82 heavy (non-hydrogen) atoms. The van der Waals surface area contributed by atoms with Crippen molar-refractivity contribution in [1.29, 1.82) is 0 Å². The third kappa shape index (κ3) is 13.6. The molecule has 3 aromatic carbocycles. The molecule has 0 spiro atoms. The number of unbranched alkanes of at least 4 members (excludes halogenated alkanes) is 2. The summed E-state index contributed by atoms with van der Waals surface area (Å²) in [6.45, 7) is 9.38. The number of carboxylic acids is 1. The molecule has 3 saturated heterocycles. The highest BCUT2D eigenvalue weighted by molar-refractivity contribution is 8.77. The van der Waals surface area contributed by atoms with Gasteiger partial charge in [0.15, 0.2) is 5.60 Å². The maximum absolute atomic E-state index is 15.5. The van der Waals surface area contributed by atoms with Crippen LogP contribution in [0.2, 0.25) is 0 Å². The van der Waals surface area contributed by atoms with Gasteiger partial charge in [-0.05, 0) is 93.3 Å². The number of amides is 1. The van der Waals surface area contributed by atoms with E-state index in [-0.39, 0.29) is 25.0 Å². The lowest BCUT2D eigenvalue weighted by Crippen LogP contribution is -2.81. The van der Waals surface area contributed by atoms with Crippen molar-refractivity contribution in [3.8, 4) is 0 Å². The number of fused-ring (bicyclic) bond motifs is 5. The van der Waals surface area contributed by atoms with E-state index >= 15 is 9.59 Å². The molecule has 3 aromatic rings. The van der Waals surface area contributed by atoms with Gasteiger partial charge in [-0.3, -0.25) is 24.0 Å². The first-order valence-corrected chi connectivity index (χ1v) is 33.2. The molecule has 0 radical (unpaired) electrons. The first kappa shape index (κ1) is 63.2. The van der Waals surface area contributed by atoms with Gasteiger partial charge in [-0.25, -0.2) is 9.59 Å².